The van der Waals surface area contributed by atoms with E-state index in [1.807, 2.05) is 42.5 Å². The van der Waals surface area contributed by atoms with Gasteiger partial charge in [-0.15, -0.1) is 0 Å². The van der Waals surface area contributed by atoms with Crippen LogP contribution in [0.2, 0.25) is 0 Å². The number of rotatable bonds is 7. The lowest BCUT2D eigenvalue weighted by Gasteiger charge is -2.05. The van der Waals surface area contributed by atoms with Crippen molar-refractivity contribution in [3.05, 3.63) is 57.7 Å². The van der Waals surface area contributed by atoms with Crippen molar-refractivity contribution in [2.75, 3.05) is 12.4 Å². The maximum absolute atomic E-state index is 11.8. The lowest BCUT2D eigenvalue weighted by molar-refractivity contribution is -0.124. The van der Waals surface area contributed by atoms with Crippen LogP contribution in [0.4, 0.5) is 5.69 Å². The maximum atomic E-state index is 11.8. The quantitative estimate of drug-likeness (QED) is 0.386. The fourth-order valence-corrected chi connectivity index (χ4v) is 2.30. The van der Waals surface area contributed by atoms with Crippen LogP contribution >= 0.6 is 22.6 Å². The number of hydrazone groups is 1. The van der Waals surface area contributed by atoms with E-state index in [9.17, 15) is 9.59 Å². The van der Waals surface area contributed by atoms with Gasteiger partial charge in [-0.05, 0) is 64.6 Å². The highest BCUT2D eigenvalue weighted by Gasteiger charge is 2.06. The van der Waals surface area contributed by atoms with E-state index in [-0.39, 0.29) is 24.7 Å². The van der Waals surface area contributed by atoms with Crippen LogP contribution in [0.15, 0.2) is 53.6 Å². The van der Waals surface area contributed by atoms with Crippen molar-refractivity contribution in [2.24, 2.45) is 5.10 Å². The molecule has 0 aromatic heterocycles. The Bertz CT molecular complexity index is 760. The average molecular weight is 451 g/mol. The van der Waals surface area contributed by atoms with Gasteiger partial charge < -0.3 is 10.1 Å². The third-order valence-corrected chi connectivity index (χ3v) is 3.92. The van der Waals surface area contributed by atoms with E-state index in [1.54, 1.807) is 13.2 Å². The second-order valence-corrected chi connectivity index (χ2v) is 6.37. The van der Waals surface area contributed by atoms with Crippen LogP contribution < -0.4 is 15.5 Å². The van der Waals surface area contributed by atoms with Gasteiger partial charge >= 0.3 is 0 Å². The highest BCUT2D eigenvalue weighted by atomic mass is 127. The molecule has 130 valence electrons. The summed E-state index contributed by atoms with van der Waals surface area (Å²) in [6.45, 7) is 0. The van der Waals surface area contributed by atoms with Crippen LogP contribution in [0, 0.1) is 3.57 Å². The van der Waals surface area contributed by atoms with Crippen LogP contribution in [-0.2, 0) is 9.59 Å². The molecule has 0 aliphatic carbocycles. The molecule has 2 aromatic carbocycles. The number of ether oxygens (including phenoxy) is 1. The molecule has 0 spiro atoms. The second-order valence-electron chi connectivity index (χ2n) is 5.12. The first kappa shape index (κ1) is 18.9. The van der Waals surface area contributed by atoms with Crippen LogP contribution in [0.1, 0.15) is 18.4 Å². The summed E-state index contributed by atoms with van der Waals surface area (Å²) < 4.78 is 6.20. The Morgan fingerprint density at radius 1 is 1.12 bits per heavy atom. The van der Waals surface area contributed by atoms with Crippen molar-refractivity contribution in [1.29, 1.82) is 0 Å². The van der Waals surface area contributed by atoms with Gasteiger partial charge in [-0.1, -0.05) is 12.1 Å². The minimum Gasteiger partial charge on any atom is -0.497 e. The molecule has 0 saturated heterocycles. The number of halogens is 1. The molecule has 0 aliphatic rings. The van der Waals surface area contributed by atoms with Gasteiger partial charge in [-0.3, -0.25) is 9.59 Å². The number of carbonyl (C=O) groups excluding carboxylic acids is 2. The molecule has 0 atom stereocenters. The molecule has 0 aliphatic heterocycles. The van der Waals surface area contributed by atoms with Crippen LogP contribution in [0.25, 0.3) is 0 Å². The number of carbonyl (C=O) groups is 2. The van der Waals surface area contributed by atoms with Crippen LogP contribution in [0.3, 0.4) is 0 Å². The summed E-state index contributed by atoms with van der Waals surface area (Å²) in [4.78, 5) is 23.5. The Morgan fingerprint density at radius 3 is 2.56 bits per heavy atom. The van der Waals surface area contributed by atoms with Gasteiger partial charge in [0.05, 0.1) is 13.3 Å². The van der Waals surface area contributed by atoms with E-state index in [0.717, 1.165) is 9.13 Å². The van der Waals surface area contributed by atoms with E-state index in [1.165, 1.54) is 6.21 Å². The number of hydrogen-bond donors (Lipinski definition) is 2. The molecule has 7 heteroatoms. The minimum absolute atomic E-state index is 0.0612. The molecule has 0 unspecified atom stereocenters. The van der Waals surface area contributed by atoms with Crippen molar-refractivity contribution >= 4 is 46.3 Å². The lowest BCUT2D eigenvalue weighted by Crippen LogP contribution is -2.20. The largest absolute Gasteiger partial charge is 0.497 e. The first-order valence-electron chi connectivity index (χ1n) is 7.58. The molecule has 6 nitrogen and oxygen atoms in total. The second kappa shape index (κ2) is 9.77. The normalized spacial score (nSPS) is 10.5. The number of methoxy groups -OCH3 is 1. The van der Waals surface area contributed by atoms with Gasteiger partial charge in [-0.25, -0.2) is 5.43 Å². The Kier molecular flexibility index (Phi) is 7.39. The predicted molar refractivity (Wildman–Crippen MR) is 106 cm³/mol. The zero-order chi connectivity index (χ0) is 18.1. The lowest BCUT2D eigenvalue weighted by atomic mass is 10.2. The molecule has 2 amide bonds. The van der Waals surface area contributed by atoms with Crippen molar-refractivity contribution in [3.63, 3.8) is 0 Å². The number of anilines is 1. The number of hydrogen-bond acceptors (Lipinski definition) is 4. The van der Waals surface area contributed by atoms with Gasteiger partial charge in [0.25, 0.3) is 0 Å². The van der Waals surface area contributed by atoms with Gasteiger partial charge in [0.15, 0.2) is 0 Å². The van der Waals surface area contributed by atoms with Gasteiger partial charge in [0.1, 0.15) is 5.75 Å². The van der Waals surface area contributed by atoms with Gasteiger partial charge in [0, 0.05) is 22.1 Å². The Morgan fingerprint density at radius 2 is 1.84 bits per heavy atom. The Hall–Kier alpha value is -2.42. The van der Waals surface area contributed by atoms with Crippen LogP contribution in [0.5, 0.6) is 5.75 Å². The molecule has 2 N–H and O–H groups in total. The summed E-state index contributed by atoms with van der Waals surface area (Å²) in [6.07, 6.45) is 1.67. The third-order valence-electron chi connectivity index (χ3n) is 3.20. The van der Waals surface area contributed by atoms with Crippen molar-refractivity contribution < 1.29 is 14.3 Å². The molecular formula is C18H18IN3O3. The van der Waals surface area contributed by atoms with Gasteiger partial charge in [-0.2, -0.15) is 5.10 Å². The van der Waals surface area contributed by atoms with E-state index in [2.05, 4.69) is 38.4 Å². The van der Waals surface area contributed by atoms with Crippen molar-refractivity contribution in [3.8, 4) is 5.75 Å². The summed E-state index contributed by atoms with van der Waals surface area (Å²) in [5, 5.41) is 6.62. The third kappa shape index (κ3) is 6.92. The summed E-state index contributed by atoms with van der Waals surface area (Å²) >= 11 is 2.19. The molecule has 0 heterocycles. The zero-order valence-electron chi connectivity index (χ0n) is 13.7. The number of benzene rings is 2. The molecule has 0 fully saturated rings. The summed E-state index contributed by atoms with van der Waals surface area (Å²) in [7, 11) is 1.58. The highest BCUT2D eigenvalue weighted by molar-refractivity contribution is 14.1. The topological polar surface area (TPSA) is 79.8 Å². The predicted octanol–water partition coefficient (Wildman–Crippen LogP) is 3.17. The van der Waals surface area contributed by atoms with E-state index >= 15 is 0 Å². The fraction of sp³-hybridized carbons (Fsp3) is 0.167. The van der Waals surface area contributed by atoms with Gasteiger partial charge in [0.2, 0.25) is 11.8 Å². The molecule has 0 radical (unpaired) electrons. The summed E-state index contributed by atoms with van der Waals surface area (Å²) in [6, 6.07) is 14.7. The van der Waals surface area contributed by atoms with E-state index in [0.29, 0.717) is 11.4 Å². The molecule has 2 aromatic rings. The molecule has 0 saturated carbocycles. The van der Waals surface area contributed by atoms with E-state index < -0.39 is 0 Å². The molecule has 2 rings (SSSR count). The Balaban J connectivity index is 1.73. The number of nitrogens with zero attached hydrogens (tertiary/aromatic N) is 1. The first-order chi connectivity index (χ1) is 12.1. The van der Waals surface area contributed by atoms with Crippen LogP contribution in [-0.4, -0.2) is 25.1 Å². The first-order valence-corrected chi connectivity index (χ1v) is 8.66. The maximum Gasteiger partial charge on any atom is 0.240 e. The zero-order valence-corrected chi connectivity index (χ0v) is 15.8. The smallest absolute Gasteiger partial charge is 0.240 e. The van der Waals surface area contributed by atoms with E-state index in [4.69, 9.17) is 4.74 Å². The van der Waals surface area contributed by atoms with Crippen molar-refractivity contribution in [1.82, 2.24) is 5.43 Å². The fourth-order valence-electron chi connectivity index (χ4n) is 1.94. The molecule has 0 bridgehead atoms. The number of nitrogens with one attached hydrogen (secondary N) is 2. The summed E-state index contributed by atoms with van der Waals surface area (Å²) in [5.41, 5.74) is 3.92. The SMILES string of the molecule is COc1cccc(C=NNC(=O)CCC(=O)Nc2ccc(I)cc2)c1. The number of amides is 2. The molecular weight excluding hydrogens is 433 g/mol. The highest BCUT2D eigenvalue weighted by Crippen LogP contribution is 2.12. The minimum atomic E-state index is -0.322. The average Bonchev–Trinajstić information content (AvgIpc) is 2.62. The summed E-state index contributed by atoms with van der Waals surface area (Å²) in [5.74, 6) is 0.174. The monoisotopic (exact) mass is 451 g/mol. The standard InChI is InChI=1S/C18H18IN3O3/c1-25-16-4-2-3-13(11-16)12-20-22-18(24)10-9-17(23)21-15-7-5-14(19)6-8-15/h2-8,11-12H,9-10H2,1H3,(H,21,23)(H,22,24). The van der Waals surface area contributed by atoms with Crippen molar-refractivity contribution in [2.45, 2.75) is 12.8 Å². The Labute approximate surface area is 159 Å². The molecule has 25 heavy (non-hydrogen) atoms.